The summed E-state index contributed by atoms with van der Waals surface area (Å²) < 4.78 is 10.8. The minimum absolute atomic E-state index is 0.260. The summed E-state index contributed by atoms with van der Waals surface area (Å²) in [6.45, 7) is 6.51. The average molecular weight is 366 g/mol. The average Bonchev–Trinajstić information content (AvgIpc) is 3.52. The van der Waals surface area contributed by atoms with Crippen molar-refractivity contribution < 1.29 is 19.1 Å². The number of methoxy groups -OCH3 is 1. The second-order valence-corrected chi connectivity index (χ2v) is 7.15. The lowest BCUT2D eigenvalue weighted by Gasteiger charge is -2.17. The topological polar surface area (TPSA) is 52.6 Å². The molecular weight excluding hydrogens is 340 g/mol. The molecule has 1 aliphatic rings. The highest BCUT2D eigenvalue weighted by atomic mass is 16.5. The van der Waals surface area contributed by atoms with E-state index in [0.717, 1.165) is 41.7 Å². The van der Waals surface area contributed by atoms with Crippen LogP contribution in [0.25, 0.3) is 0 Å². The molecule has 3 rings (SSSR count). The third kappa shape index (κ3) is 4.05. The Morgan fingerprint density at radius 3 is 2.48 bits per heavy atom. The smallest absolute Gasteiger partial charge is 0.379 e. The van der Waals surface area contributed by atoms with E-state index in [1.807, 2.05) is 19.1 Å². The van der Waals surface area contributed by atoms with E-state index in [1.165, 1.54) is 18.2 Å². The number of aryl methyl sites for hydroxylation is 3. The lowest BCUT2D eigenvalue weighted by molar-refractivity contribution is -0.135. The van der Waals surface area contributed by atoms with Gasteiger partial charge in [0.1, 0.15) is 12.4 Å². The third-order valence-corrected chi connectivity index (χ3v) is 5.23. The Morgan fingerprint density at radius 2 is 1.85 bits per heavy atom. The number of rotatable bonds is 7. The van der Waals surface area contributed by atoms with Gasteiger partial charge >= 0.3 is 5.97 Å². The van der Waals surface area contributed by atoms with Crippen molar-refractivity contribution in [3.63, 3.8) is 0 Å². The zero-order chi connectivity index (χ0) is 19.6. The summed E-state index contributed by atoms with van der Waals surface area (Å²) in [5.74, 6) is -0.206. The summed E-state index contributed by atoms with van der Waals surface area (Å²) in [5.41, 5.74) is 5.85. The fourth-order valence-corrected chi connectivity index (χ4v) is 3.49. The molecule has 0 aliphatic heterocycles. The van der Waals surface area contributed by atoms with Gasteiger partial charge in [-0.15, -0.1) is 0 Å². The predicted molar refractivity (Wildman–Crippen MR) is 104 cm³/mol. The van der Waals surface area contributed by atoms with Gasteiger partial charge in [-0.1, -0.05) is 31.2 Å². The summed E-state index contributed by atoms with van der Waals surface area (Å²) in [7, 11) is 1.22. The second kappa shape index (κ2) is 7.95. The monoisotopic (exact) mass is 366 g/mol. The van der Waals surface area contributed by atoms with Gasteiger partial charge in [0.2, 0.25) is 0 Å². The van der Waals surface area contributed by atoms with E-state index in [2.05, 4.69) is 30.7 Å². The van der Waals surface area contributed by atoms with Gasteiger partial charge in [-0.25, -0.2) is 4.79 Å². The number of hydrogen-bond donors (Lipinski definition) is 0. The molecule has 27 heavy (non-hydrogen) atoms. The van der Waals surface area contributed by atoms with Crippen LogP contribution in [0.1, 0.15) is 63.9 Å². The molecule has 1 aliphatic carbocycles. The molecule has 0 atom stereocenters. The molecule has 142 valence electrons. The Hall–Kier alpha value is -2.62. The molecule has 0 radical (unpaired) electrons. The molecular formula is C23H26O4. The maximum Gasteiger partial charge on any atom is 0.379 e. The van der Waals surface area contributed by atoms with Crippen molar-refractivity contribution in [1.82, 2.24) is 0 Å². The quantitative estimate of drug-likeness (QED) is 0.406. The van der Waals surface area contributed by atoms with Crippen LogP contribution in [-0.2, 0) is 22.6 Å². The van der Waals surface area contributed by atoms with Crippen LogP contribution in [0.2, 0.25) is 0 Å². The number of benzene rings is 2. The number of esters is 1. The van der Waals surface area contributed by atoms with Gasteiger partial charge in [0.05, 0.1) is 7.11 Å². The summed E-state index contributed by atoms with van der Waals surface area (Å²) in [6, 6.07) is 9.75. The summed E-state index contributed by atoms with van der Waals surface area (Å²) in [5, 5.41) is 0. The van der Waals surface area contributed by atoms with Crippen LogP contribution in [0.5, 0.6) is 5.75 Å². The van der Waals surface area contributed by atoms with Gasteiger partial charge in [0, 0.05) is 11.1 Å². The first kappa shape index (κ1) is 19.2. The molecule has 0 bridgehead atoms. The van der Waals surface area contributed by atoms with E-state index in [-0.39, 0.29) is 6.61 Å². The molecule has 0 saturated heterocycles. The summed E-state index contributed by atoms with van der Waals surface area (Å²) in [6.07, 6.45) is 3.19. The van der Waals surface area contributed by atoms with Gasteiger partial charge < -0.3 is 9.47 Å². The molecule has 0 amide bonds. The van der Waals surface area contributed by atoms with E-state index in [0.29, 0.717) is 11.5 Å². The molecule has 4 nitrogen and oxygen atoms in total. The lowest BCUT2D eigenvalue weighted by Crippen LogP contribution is -2.19. The molecule has 0 spiro atoms. The largest absolute Gasteiger partial charge is 0.489 e. The number of carbonyl (C=O) groups is 2. The Bertz CT molecular complexity index is 878. The van der Waals surface area contributed by atoms with Crippen molar-refractivity contribution in [3.8, 4) is 5.75 Å². The molecule has 1 fully saturated rings. The number of carbonyl (C=O) groups excluding carboxylic acids is 2. The first-order valence-corrected chi connectivity index (χ1v) is 9.43. The Balaban J connectivity index is 1.93. The fourth-order valence-electron chi connectivity index (χ4n) is 3.49. The number of hydrogen-bond acceptors (Lipinski definition) is 4. The fraction of sp³-hybridized carbons (Fsp3) is 0.391. The van der Waals surface area contributed by atoms with E-state index < -0.39 is 11.8 Å². The number of Topliss-reactive ketones (excluding diaryl/α,β-unsaturated/α-hetero) is 1. The maximum absolute atomic E-state index is 12.5. The zero-order valence-corrected chi connectivity index (χ0v) is 16.4. The highest BCUT2D eigenvalue weighted by Crippen LogP contribution is 2.42. The van der Waals surface area contributed by atoms with Crippen LogP contribution < -0.4 is 4.74 Å². The van der Waals surface area contributed by atoms with Crippen molar-refractivity contribution in [2.45, 2.75) is 52.6 Å². The third-order valence-electron chi connectivity index (χ3n) is 5.23. The minimum atomic E-state index is -0.844. The Morgan fingerprint density at radius 1 is 1.11 bits per heavy atom. The predicted octanol–water partition coefficient (Wildman–Crippen LogP) is 4.68. The maximum atomic E-state index is 12.5. The Labute approximate surface area is 160 Å². The van der Waals surface area contributed by atoms with Crippen molar-refractivity contribution in [1.29, 1.82) is 0 Å². The Kier molecular flexibility index (Phi) is 5.64. The van der Waals surface area contributed by atoms with Gasteiger partial charge in [-0.05, 0) is 67.3 Å². The van der Waals surface area contributed by atoms with Gasteiger partial charge in [-0.3, -0.25) is 4.79 Å². The highest BCUT2D eigenvalue weighted by Gasteiger charge is 2.30. The van der Waals surface area contributed by atoms with Crippen molar-refractivity contribution in [3.05, 3.63) is 63.7 Å². The van der Waals surface area contributed by atoms with Crippen molar-refractivity contribution in [2.24, 2.45) is 0 Å². The molecule has 1 saturated carbocycles. The van der Waals surface area contributed by atoms with E-state index in [9.17, 15) is 9.59 Å². The minimum Gasteiger partial charge on any atom is -0.489 e. The molecule has 2 aromatic carbocycles. The van der Waals surface area contributed by atoms with Crippen LogP contribution >= 0.6 is 0 Å². The molecule has 0 unspecified atom stereocenters. The molecule has 0 aromatic heterocycles. The first-order valence-electron chi connectivity index (χ1n) is 9.43. The molecule has 0 N–H and O–H groups in total. The van der Waals surface area contributed by atoms with Crippen LogP contribution in [0, 0.1) is 13.8 Å². The summed E-state index contributed by atoms with van der Waals surface area (Å²) in [4.78, 5) is 24.3. The van der Waals surface area contributed by atoms with Crippen LogP contribution in [0.4, 0.5) is 0 Å². The second-order valence-electron chi connectivity index (χ2n) is 7.15. The van der Waals surface area contributed by atoms with E-state index in [4.69, 9.17) is 4.74 Å². The van der Waals surface area contributed by atoms with Crippen molar-refractivity contribution >= 4 is 11.8 Å². The van der Waals surface area contributed by atoms with E-state index in [1.54, 1.807) is 6.07 Å². The molecule has 2 aromatic rings. The first-order chi connectivity index (χ1) is 13.0. The molecule has 4 heteroatoms. The SMILES string of the molecule is CCc1cc(C)c(OCc2c(C(=O)C(=O)OC)cccc2C2CC2)cc1C. The highest BCUT2D eigenvalue weighted by molar-refractivity contribution is 6.41. The number of ketones is 1. The normalized spacial score (nSPS) is 13.3. The van der Waals surface area contributed by atoms with Crippen LogP contribution in [0.15, 0.2) is 30.3 Å². The van der Waals surface area contributed by atoms with Crippen LogP contribution in [-0.4, -0.2) is 18.9 Å². The van der Waals surface area contributed by atoms with E-state index >= 15 is 0 Å². The molecule has 0 heterocycles. The van der Waals surface area contributed by atoms with Crippen molar-refractivity contribution in [2.75, 3.05) is 7.11 Å². The van der Waals surface area contributed by atoms with Gasteiger partial charge in [0.25, 0.3) is 5.78 Å². The lowest BCUT2D eigenvalue weighted by atomic mass is 9.95. The van der Waals surface area contributed by atoms with Crippen LogP contribution in [0.3, 0.4) is 0 Å². The standard InChI is InChI=1S/C23H26O4/c1-5-16-11-15(3)21(12-14(16)2)27-13-20-18(17-9-10-17)7-6-8-19(20)22(24)23(25)26-4/h6-8,11-12,17H,5,9-10,13H2,1-4H3. The zero-order valence-electron chi connectivity index (χ0n) is 16.4. The van der Waals surface area contributed by atoms with Gasteiger partial charge in [0.15, 0.2) is 0 Å². The number of ether oxygens (including phenoxy) is 2. The summed E-state index contributed by atoms with van der Waals surface area (Å²) >= 11 is 0. The van der Waals surface area contributed by atoms with Gasteiger partial charge in [-0.2, -0.15) is 0 Å².